The molecule has 10 heteroatoms. The summed E-state index contributed by atoms with van der Waals surface area (Å²) in [6, 6.07) is 12.3. The fourth-order valence-electron chi connectivity index (χ4n) is 5.53. The lowest BCUT2D eigenvalue weighted by Crippen LogP contribution is -2.36. The van der Waals surface area contributed by atoms with Gasteiger partial charge in [0.2, 0.25) is 5.95 Å². The molecule has 2 aromatic heterocycles. The quantitative estimate of drug-likeness (QED) is 0.215. The Morgan fingerprint density at radius 1 is 1.24 bits per heavy atom. The summed E-state index contributed by atoms with van der Waals surface area (Å²) in [5, 5.41) is 4.24. The van der Waals surface area contributed by atoms with Crippen LogP contribution in [0, 0.1) is 0 Å². The third-order valence-corrected chi connectivity index (χ3v) is 7.67. The maximum Gasteiger partial charge on any atom is 0.342 e. The molecular weight excluding hydrogens is 518 g/mol. The van der Waals surface area contributed by atoms with Crippen molar-refractivity contribution in [3.63, 3.8) is 0 Å². The Morgan fingerprint density at radius 2 is 2.02 bits per heavy atom. The molecular formula is C31H39N7O3. The first kappa shape index (κ1) is 28.2. The molecule has 41 heavy (non-hydrogen) atoms. The number of methoxy groups -OCH3 is 1. The molecule has 1 fully saturated rings. The molecule has 0 saturated carbocycles. The molecule has 216 valence electrons. The van der Waals surface area contributed by atoms with Crippen LogP contribution in [0.4, 0.5) is 23.0 Å². The Balaban J connectivity index is 1.51. The van der Waals surface area contributed by atoms with Crippen LogP contribution in [0.15, 0.2) is 48.8 Å². The smallest absolute Gasteiger partial charge is 0.342 e. The maximum atomic E-state index is 13.1. The van der Waals surface area contributed by atoms with Crippen LogP contribution in [0.2, 0.25) is 0 Å². The highest BCUT2D eigenvalue weighted by atomic mass is 16.5. The highest BCUT2D eigenvalue weighted by Gasteiger charge is 2.25. The minimum absolute atomic E-state index is 0.279. The molecule has 0 radical (unpaired) electrons. The lowest BCUT2D eigenvalue weighted by atomic mass is 10.1. The molecule has 0 aliphatic carbocycles. The second-order valence-corrected chi connectivity index (χ2v) is 11.0. The van der Waals surface area contributed by atoms with E-state index in [2.05, 4.69) is 34.2 Å². The second kappa shape index (κ2) is 11.7. The highest BCUT2D eigenvalue weighted by molar-refractivity contribution is 6.03. The van der Waals surface area contributed by atoms with E-state index in [1.54, 1.807) is 7.11 Å². The molecule has 1 aliphatic heterocycles. The van der Waals surface area contributed by atoms with Gasteiger partial charge in [0, 0.05) is 61.6 Å². The van der Waals surface area contributed by atoms with Crippen LogP contribution < -0.4 is 20.7 Å². The highest BCUT2D eigenvalue weighted by Crippen LogP contribution is 2.38. The van der Waals surface area contributed by atoms with E-state index in [1.165, 1.54) is 19.0 Å². The monoisotopic (exact) mass is 557 g/mol. The third kappa shape index (κ3) is 5.78. The first-order chi connectivity index (χ1) is 19.7. The number of rotatable bonds is 9. The summed E-state index contributed by atoms with van der Waals surface area (Å²) in [6.07, 6.45) is 5.58. The first-order valence-electron chi connectivity index (χ1n) is 13.9. The van der Waals surface area contributed by atoms with E-state index in [1.807, 2.05) is 68.1 Å². The molecule has 10 nitrogen and oxygen atoms in total. The summed E-state index contributed by atoms with van der Waals surface area (Å²) in [5.41, 5.74) is 11.3. The van der Waals surface area contributed by atoms with Crippen molar-refractivity contribution in [2.24, 2.45) is 7.05 Å². The summed E-state index contributed by atoms with van der Waals surface area (Å²) in [5.74, 6) is 0.441. The Bertz CT molecular complexity index is 1570. The summed E-state index contributed by atoms with van der Waals surface area (Å²) in [6.45, 7) is 5.63. The van der Waals surface area contributed by atoms with E-state index in [-0.39, 0.29) is 6.10 Å². The number of ether oxygens (including phenoxy) is 2. The van der Waals surface area contributed by atoms with Crippen LogP contribution in [0.5, 0.6) is 5.75 Å². The minimum Gasteiger partial charge on any atom is -0.494 e. The number of benzene rings is 2. The van der Waals surface area contributed by atoms with Crippen molar-refractivity contribution in [1.82, 2.24) is 19.4 Å². The zero-order valence-corrected chi connectivity index (χ0v) is 24.6. The van der Waals surface area contributed by atoms with Gasteiger partial charge in [-0.05, 0) is 52.4 Å². The predicted molar refractivity (Wildman–Crippen MR) is 164 cm³/mol. The van der Waals surface area contributed by atoms with Gasteiger partial charge in [-0.25, -0.2) is 14.8 Å². The van der Waals surface area contributed by atoms with Gasteiger partial charge < -0.3 is 34.9 Å². The van der Waals surface area contributed by atoms with Crippen molar-refractivity contribution in [1.29, 1.82) is 0 Å². The van der Waals surface area contributed by atoms with Gasteiger partial charge in [-0.1, -0.05) is 18.2 Å². The van der Waals surface area contributed by atoms with E-state index >= 15 is 0 Å². The molecule has 2 aromatic carbocycles. The number of nitrogen functional groups attached to an aromatic ring is 1. The fraction of sp³-hybridized carbons (Fsp3) is 0.387. The maximum absolute atomic E-state index is 13.1. The number of nitrogens with one attached hydrogen (secondary N) is 1. The number of hydrogen-bond acceptors (Lipinski definition) is 9. The normalized spacial score (nSPS) is 15.4. The molecule has 5 rings (SSSR count). The number of likely N-dealkylation sites (N-methyl/N-ethyl adjacent to an activating group) is 2. The standard InChI is InChI=1S/C31H39N7O3/c1-19(2)41-30(39)22-16-33-31(35-29(22)23-18-38(5)26-12-8-7-11-21(23)26)34-25-14-24(32)27(15-28(25)40-6)37(4)17-20-10-9-13-36(20)3/h7-8,11-12,14-16,18-20H,9-10,13,17,32H2,1-6H3,(H,33,34,35)/t20-/m0/s1. The number of aromatic nitrogens is 3. The van der Waals surface area contributed by atoms with Crippen LogP contribution in [-0.2, 0) is 11.8 Å². The fourth-order valence-corrected chi connectivity index (χ4v) is 5.53. The van der Waals surface area contributed by atoms with Crippen molar-refractivity contribution in [3.8, 4) is 17.0 Å². The number of anilines is 4. The van der Waals surface area contributed by atoms with Gasteiger partial charge >= 0.3 is 5.97 Å². The number of carbonyl (C=O) groups excluding carboxylic acids is 1. The largest absolute Gasteiger partial charge is 0.494 e. The average molecular weight is 558 g/mol. The number of aryl methyl sites for hydroxylation is 1. The molecule has 0 amide bonds. The number of nitrogens with two attached hydrogens (primary N) is 1. The number of esters is 1. The van der Waals surface area contributed by atoms with Crippen LogP contribution in [0.25, 0.3) is 22.2 Å². The summed E-state index contributed by atoms with van der Waals surface area (Å²) < 4.78 is 13.3. The van der Waals surface area contributed by atoms with Crippen LogP contribution in [0.3, 0.4) is 0 Å². The van der Waals surface area contributed by atoms with Crippen molar-refractivity contribution in [2.45, 2.75) is 38.8 Å². The number of hydrogen-bond donors (Lipinski definition) is 2. The van der Waals surface area contributed by atoms with Crippen LogP contribution >= 0.6 is 0 Å². The molecule has 0 unspecified atom stereocenters. The Kier molecular flexibility index (Phi) is 8.03. The average Bonchev–Trinajstić information content (AvgIpc) is 3.50. The zero-order valence-electron chi connectivity index (χ0n) is 24.6. The van der Waals surface area contributed by atoms with Gasteiger partial charge in [-0.3, -0.25) is 0 Å². The van der Waals surface area contributed by atoms with Crippen LogP contribution in [-0.4, -0.2) is 71.8 Å². The lowest BCUT2D eigenvalue weighted by molar-refractivity contribution is 0.0378. The van der Waals surface area contributed by atoms with E-state index in [0.717, 1.165) is 35.2 Å². The van der Waals surface area contributed by atoms with E-state index in [0.29, 0.717) is 40.4 Å². The molecule has 1 atom stereocenters. The molecule has 0 spiro atoms. The molecule has 4 aromatic rings. The number of para-hydroxylation sites is 1. The van der Waals surface area contributed by atoms with Crippen molar-refractivity contribution < 1.29 is 14.3 Å². The van der Waals surface area contributed by atoms with Crippen molar-refractivity contribution in [3.05, 3.63) is 54.4 Å². The number of fused-ring (bicyclic) bond motifs is 1. The van der Waals surface area contributed by atoms with Crippen LogP contribution in [0.1, 0.15) is 37.0 Å². The van der Waals surface area contributed by atoms with E-state index < -0.39 is 5.97 Å². The molecule has 0 bridgehead atoms. The molecule has 3 heterocycles. The van der Waals surface area contributed by atoms with E-state index in [4.69, 9.17) is 20.2 Å². The van der Waals surface area contributed by atoms with Gasteiger partial charge in [-0.2, -0.15) is 0 Å². The molecule has 1 saturated heterocycles. The Morgan fingerprint density at radius 3 is 2.73 bits per heavy atom. The van der Waals surface area contributed by atoms with Gasteiger partial charge in [-0.15, -0.1) is 0 Å². The van der Waals surface area contributed by atoms with Crippen molar-refractivity contribution >= 4 is 39.9 Å². The molecule has 3 N–H and O–H groups in total. The topological polar surface area (TPSA) is 111 Å². The third-order valence-electron chi connectivity index (χ3n) is 7.67. The van der Waals surface area contributed by atoms with Gasteiger partial charge in [0.15, 0.2) is 0 Å². The minimum atomic E-state index is -0.475. The Hall–Kier alpha value is -4.31. The number of carbonyl (C=O) groups is 1. The Labute approximate surface area is 241 Å². The van der Waals surface area contributed by atoms with Crippen molar-refractivity contribution in [2.75, 3.05) is 50.2 Å². The zero-order chi connectivity index (χ0) is 29.3. The first-order valence-corrected chi connectivity index (χ1v) is 13.9. The number of likely N-dealkylation sites (tertiary alicyclic amines) is 1. The predicted octanol–water partition coefficient (Wildman–Crippen LogP) is 5.07. The summed E-state index contributed by atoms with van der Waals surface area (Å²) in [7, 11) is 7.82. The summed E-state index contributed by atoms with van der Waals surface area (Å²) >= 11 is 0. The van der Waals surface area contributed by atoms with E-state index in [9.17, 15) is 4.79 Å². The lowest BCUT2D eigenvalue weighted by Gasteiger charge is -2.29. The molecule has 1 aliphatic rings. The van der Waals surface area contributed by atoms with Gasteiger partial charge in [0.25, 0.3) is 0 Å². The van der Waals surface area contributed by atoms with Gasteiger partial charge in [0.05, 0.1) is 36.0 Å². The second-order valence-electron chi connectivity index (χ2n) is 11.0. The van der Waals surface area contributed by atoms with Gasteiger partial charge in [0.1, 0.15) is 11.3 Å². The SMILES string of the molecule is COc1cc(N(C)C[C@@H]2CCCN2C)c(N)cc1Nc1ncc(C(=O)OC(C)C)c(-c2cn(C)c3ccccc23)n1. The summed E-state index contributed by atoms with van der Waals surface area (Å²) in [4.78, 5) is 26.9. The number of nitrogens with zero attached hydrogens (tertiary/aromatic N) is 5.